The molecule has 4 nitrogen and oxygen atoms in total. The fourth-order valence-electron chi connectivity index (χ4n) is 3.41. The summed E-state index contributed by atoms with van der Waals surface area (Å²) in [4.78, 5) is 24.7. The van der Waals surface area contributed by atoms with Crippen molar-refractivity contribution in [1.29, 1.82) is 0 Å². The van der Waals surface area contributed by atoms with E-state index in [0.29, 0.717) is 16.7 Å². The van der Waals surface area contributed by atoms with Crippen LogP contribution in [0.5, 0.6) is 0 Å². The lowest BCUT2D eigenvalue weighted by atomic mass is 10.0. The van der Waals surface area contributed by atoms with Gasteiger partial charge in [0, 0.05) is 17.4 Å². The van der Waals surface area contributed by atoms with Gasteiger partial charge in [-0.05, 0) is 62.1 Å². The first-order chi connectivity index (χ1) is 14.1. The first-order valence-electron chi connectivity index (χ1n) is 9.55. The van der Waals surface area contributed by atoms with Crippen molar-refractivity contribution in [1.82, 2.24) is 5.32 Å². The quantitative estimate of drug-likeness (QED) is 0.578. The van der Waals surface area contributed by atoms with Gasteiger partial charge >= 0.3 is 11.8 Å². The minimum absolute atomic E-state index is 0.0201. The largest absolute Gasteiger partial charge is 0.423 e. The Morgan fingerprint density at radius 3 is 2.57 bits per heavy atom. The van der Waals surface area contributed by atoms with E-state index in [-0.39, 0.29) is 18.7 Å². The Morgan fingerprint density at radius 2 is 1.87 bits per heavy atom. The molecule has 3 aromatic rings. The molecular formula is C23H22F3NO3. The lowest BCUT2D eigenvalue weighted by Gasteiger charge is -2.16. The highest BCUT2D eigenvalue weighted by Gasteiger charge is 2.30. The smallest absolute Gasteiger partial charge is 0.416 e. The molecule has 158 valence electrons. The number of carbonyl (C=O) groups is 1. The van der Waals surface area contributed by atoms with Crippen LogP contribution in [0.1, 0.15) is 47.2 Å². The molecule has 0 aliphatic heterocycles. The molecule has 1 unspecified atom stereocenters. The van der Waals surface area contributed by atoms with Gasteiger partial charge in [-0.2, -0.15) is 13.2 Å². The molecule has 0 aliphatic rings. The number of rotatable bonds is 5. The average molecular weight is 417 g/mol. The zero-order valence-corrected chi connectivity index (χ0v) is 16.9. The Morgan fingerprint density at radius 1 is 1.13 bits per heavy atom. The maximum Gasteiger partial charge on any atom is 0.416 e. The van der Waals surface area contributed by atoms with Crippen molar-refractivity contribution in [2.45, 2.75) is 45.8 Å². The molecular weight excluding hydrogens is 395 g/mol. The molecule has 0 aliphatic carbocycles. The Kier molecular flexibility index (Phi) is 6.01. The van der Waals surface area contributed by atoms with Gasteiger partial charge < -0.3 is 9.73 Å². The van der Waals surface area contributed by atoms with Crippen molar-refractivity contribution < 1.29 is 22.4 Å². The van der Waals surface area contributed by atoms with Gasteiger partial charge in [0.25, 0.3) is 0 Å². The summed E-state index contributed by atoms with van der Waals surface area (Å²) >= 11 is 0. The Balaban J connectivity index is 1.71. The summed E-state index contributed by atoms with van der Waals surface area (Å²) in [5, 5.41) is 3.50. The third-order valence-corrected chi connectivity index (χ3v) is 5.14. The predicted molar refractivity (Wildman–Crippen MR) is 108 cm³/mol. The highest BCUT2D eigenvalue weighted by Crippen LogP contribution is 2.30. The van der Waals surface area contributed by atoms with Crippen LogP contribution in [0.25, 0.3) is 11.0 Å². The molecule has 0 spiro atoms. The number of nitrogens with one attached hydrogen (secondary N) is 1. The fourth-order valence-corrected chi connectivity index (χ4v) is 3.41. The second kappa shape index (κ2) is 8.34. The number of hydrogen-bond donors (Lipinski definition) is 1. The number of alkyl halides is 3. The maximum absolute atomic E-state index is 12.9. The van der Waals surface area contributed by atoms with Crippen molar-refractivity contribution in [2.24, 2.45) is 0 Å². The first kappa shape index (κ1) is 21.6. The van der Waals surface area contributed by atoms with E-state index in [9.17, 15) is 22.8 Å². The summed E-state index contributed by atoms with van der Waals surface area (Å²) in [6, 6.07) is 9.84. The van der Waals surface area contributed by atoms with Gasteiger partial charge in [-0.15, -0.1) is 0 Å². The summed E-state index contributed by atoms with van der Waals surface area (Å²) in [6.45, 7) is 5.33. The van der Waals surface area contributed by atoms with Crippen LogP contribution >= 0.6 is 0 Å². The molecule has 0 saturated heterocycles. The van der Waals surface area contributed by atoms with E-state index in [1.54, 1.807) is 13.0 Å². The van der Waals surface area contributed by atoms with Crippen molar-refractivity contribution in [2.75, 3.05) is 0 Å². The predicted octanol–water partition coefficient (Wildman–Crippen LogP) is 5.24. The number of fused-ring (bicyclic) bond motifs is 1. The van der Waals surface area contributed by atoms with Crippen molar-refractivity contribution >= 4 is 16.9 Å². The van der Waals surface area contributed by atoms with E-state index in [2.05, 4.69) is 5.32 Å². The Bertz CT molecular complexity index is 1150. The molecule has 0 saturated carbocycles. The van der Waals surface area contributed by atoms with E-state index < -0.39 is 23.4 Å². The van der Waals surface area contributed by atoms with Crippen LogP contribution in [-0.4, -0.2) is 5.91 Å². The molecule has 1 N–H and O–H groups in total. The normalized spacial score (nSPS) is 12.7. The second-order valence-electron chi connectivity index (χ2n) is 7.41. The first-order valence-corrected chi connectivity index (χ1v) is 9.55. The number of amides is 1. The zero-order chi connectivity index (χ0) is 22.1. The lowest BCUT2D eigenvalue weighted by Crippen LogP contribution is -2.27. The molecule has 30 heavy (non-hydrogen) atoms. The summed E-state index contributed by atoms with van der Waals surface area (Å²) in [5.41, 5.74) is 1.78. The maximum atomic E-state index is 12.9. The molecule has 3 rings (SSSR count). The van der Waals surface area contributed by atoms with Gasteiger partial charge in [0.2, 0.25) is 5.91 Å². The third kappa shape index (κ3) is 4.72. The topological polar surface area (TPSA) is 59.3 Å². The van der Waals surface area contributed by atoms with Crippen LogP contribution in [0.15, 0.2) is 51.7 Å². The molecule has 1 amide bonds. The molecule has 0 fully saturated rings. The standard InChI is InChI=1S/C23H22F3NO3/c1-13-7-8-18-14(2)19(22(29)30-20(18)11-13)9-10-21(28)27-15(3)16-5-4-6-17(12-16)23(24,25)26/h4-8,11-12,15H,9-10H2,1-3H3,(H,27,28). The van der Waals surface area contributed by atoms with Crippen LogP contribution in [0, 0.1) is 13.8 Å². The van der Waals surface area contributed by atoms with Crippen molar-refractivity contribution in [3.05, 3.63) is 80.7 Å². The van der Waals surface area contributed by atoms with E-state index in [4.69, 9.17) is 4.42 Å². The minimum atomic E-state index is -4.44. The summed E-state index contributed by atoms with van der Waals surface area (Å²) in [5.74, 6) is -0.359. The van der Waals surface area contributed by atoms with Gasteiger partial charge in [0.1, 0.15) is 5.58 Å². The van der Waals surface area contributed by atoms with Crippen LogP contribution in [0.2, 0.25) is 0 Å². The SMILES string of the molecule is Cc1ccc2c(C)c(CCC(=O)NC(C)c3cccc(C(F)(F)F)c3)c(=O)oc2c1. The van der Waals surface area contributed by atoms with Gasteiger partial charge in [-0.1, -0.05) is 24.3 Å². The van der Waals surface area contributed by atoms with Crippen LogP contribution in [0.4, 0.5) is 13.2 Å². The second-order valence-corrected chi connectivity index (χ2v) is 7.41. The van der Waals surface area contributed by atoms with E-state index >= 15 is 0 Å². The van der Waals surface area contributed by atoms with E-state index in [1.165, 1.54) is 12.1 Å². The van der Waals surface area contributed by atoms with E-state index in [0.717, 1.165) is 28.6 Å². The highest BCUT2D eigenvalue weighted by atomic mass is 19.4. The fraction of sp³-hybridized carbons (Fsp3) is 0.304. The Hall–Kier alpha value is -3.09. The van der Waals surface area contributed by atoms with Crippen LogP contribution < -0.4 is 10.9 Å². The molecule has 1 atom stereocenters. The zero-order valence-electron chi connectivity index (χ0n) is 16.9. The number of carbonyl (C=O) groups excluding carboxylic acids is 1. The van der Waals surface area contributed by atoms with Crippen molar-refractivity contribution in [3.8, 4) is 0 Å². The lowest BCUT2D eigenvalue weighted by molar-refractivity contribution is -0.137. The van der Waals surface area contributed by atoms with Crippen LogP contribution in [-0.2, 0) is 17.4 Å². The number of benzene rings is 2. The van der Waals surface area contributed by atoms with Crippen LogP contribution in [0.3, 0.4) is 0 Å². The van der Waals surface area contributed by atoms with Crippen molar-refractivity contribution in [3.63, 3.8) is 0 Å². The third-order valence-electron chi connectivity index (χ3n) is 5.14. The molecule has 0 bridgehead atoms. The summed E-state index contributed by atoms with van der Waals surface area (Å²) < 4.78 is 44.0. The number of halogens is 3. The number of aryl methyl sites for hydroxylation is 2. The minimum Gasteiger partial charge on any atom is -0.423 e. The van der Waals surface area contributed by atoms with Gasteiger partial charge in [0.05, 0.1) is 11.6 Å². The summed E-state index contributed by atoms with van der Waals surface area (Å²) in [6.07, 6.45) is -4.24. The molecule has 7 heteroatoms. The Labute approximate surface area is 171 Å². The summed E-state index contributed by atoms with van der Waals surface area (Å²) in [7, 11) is 0. The van der Waals surface area contributed by atoms with Gasteiger partial charge in [0.15, 0.2) is 0 Å². The highest BCUT2D eigenvalue weighted by molar-refractivity contribution is 5.82. The number of hydrogen-bond acceptors (Lipinski definition) is 3. The van der Waals surface area contributed by atoms with Gasteiger partial charge in [-0.25, -0.2) is 4.79 Å². The van der Waals surface area contributed by atoms with E-state index in [1.807, 2.05) is 26.0 Å². The molecule has 1 aromatic heterocycles. The monoisotopic (exact) mass is 417 g/mol. The van der Waals surface area contributed by atoms with Gasteiger partial charge in [-0.3, -0.25) is 4.79 Å². The molecule has 2 aromatic carbocycles. The molecule has 0 radical (unpaired) electrons. The molecule has 1 heterocycles. The average Bonchev–Trinajstić information content (AvgIpc) is 2.66.